The van der Waals surface area contributed by atoms with E-state index in [1.807, 2.05) is 32.9 Å². The molecule has 5 nitrogen and oxygen atoms in total. The van der Waals surface area contributed by atoms with E-state index in [1.165, 1.54) is 6.21 Å². The molecule has 5 heteroatoms. The van der Waals surface area contributed by atoms with Crippen LogP contribution in [0.3, 0.4) is 0 Å². The smallest absolute Gasteiger partial charge is 0.275 e. The second kappa shape index (κ2) is 7.34. The van der Waals surface area contributed by atoms with Crippen LogP contribution in [0.2, 0.25) is 0 Å². The van der Waals surface area contributed by atoms with Gasteiger partial charge in [0.05, 0.1) is 11.8 Å². The molecule has 2 N–H and O–H groups in total. The van der Waals surface area contributed by atoms with Crippen LogP contribution in [0, 0.1) is 6.92 Å². The first kappa shape index (κ1) is 17.8. The Morgan fingerprint density at radius 1 is 1.21 bits per heavy atom. The molecule has 0 bridgehead atoms. The summed E-state index contributed by atoms with van der Waals surface area (Å²) in [6.07, 6.45) is 1.43. The Kier molecular flexibility index (Phi) is 5.44. The highest BCUT2D eigenvalue weighted by Crippen LogP contribution is 2.33. The Bertz CT molecular complexity index is 758. The number of phenolic OH excluding ortho intramolecular Hbond substituents is 1. The van der Waals surface area contributed by atoms with Gasteiger partial charge in [-0.25, -0.2) is 5.43 Å². The normalized spacial score (nSPS) is 11.6. The fourth-order valence-corrected chi connectivity index (χ4v) is 2.36. The molecule has 0 fully saturated rings. The summed E-state index contributed by atoms with van der Waals surface area (Å²) >= 11 is 0. The minimum atomic E-state index is -0.448. The fraction of sp³-hybridized carbons (Fsp3) is 0.368. The predicted octanol–water partition coefficient (Wildman–Crippen LogP) is 4.30. The maximum Gasteiger partial charge on any atom is 0.275 e. The number of benzene rings is 1. The Balaban J connectivity index is 2.26. The standard InChI is InChI=1S/C19H24N2O3/c1-11(2)14-8-16(12(3)4)18(22)17(9-14)19(23)21-20-10-15-7-6-13(5)24-15/h6-12,22H,1-5H3,(H,21,23)/b20-10+. The Morgan fingerprint density at radius 2 is 1.92 bits per heavy atom. The number of hydrazone groups is 1. The van der Waals surface area contributed by atoms with Crippen LogP contribution in [0.4, 0.5) is 0 Å². The van der Waals surface area contributed by atoms with Crippen LogP contribution >= 0.6 is 0 Å². The second-order valence-corrected chi connectivity index (χ2v) is 6.46. The van der Waals surface area contributed by atoms with Crippen LogP contribution in [0.25, 0.3) is 0 Å². The van der Waals surface area contributed by atoms with Crippen LogP contribution in [0.15, 0.2) is 33.8 Å². The molecule has 0 saturated carbocycles. The van der Waals surface area contributed by atoms with E-state index in [9.17, 15) is 9.90 Å². The zero-order valence-corrected chi connectivity index (χ0v) is 14.8. The summed E-state index contributed by atoms with van der Waals surface area (Å²) in [5, 5.41) is 14.3. The molecule has 1 aromatic heterocycles. The molecule has 0 spiro atoms. The largest absolute Gasteiger partial charge is 0.507 e. The van der Waals surface area contributed by atoms with E-state index >= 15 is 0 Å². The van der Waals surface area contributed by atoms with Gasteiger partial charge in [0, 0.05) is 0 Å². The van der Waals surface area contributed by atoms with E-state index in [0.717, 1.165) is 16.9 Å². The summed E-state index contributed by atoms with van der Waals surface area (Å²) in [6.45, 7) is 9.90. The molecule has 0 unspecified atom stereocenters. The number of aromatic hydroxyl groups is 1. The van der Waals surface area contributed by atoms with E-state index in [1.54, 1.807) is 12.1 Å². The third-order valence-corrected chi connectivity index (χ3v) is 3.81. The lowest BCUT2D eigenvalue weighted by molar-refractivity contribution is 0.0952. The van der Waals surface area contributed by atoms with Gasteiger partial charge >= 0.3 is 0 Å². The first-order chi connectivity index (χ1) is 11.3. The molecule has 0 atom stereocenters. The lowest BCUT2D eigenvalue weighted by Gasteiger charge is -2.16. The van der Waals surface area contributed by atoms with Crippen molar-refractivity contribution in [2.45, 2.75) is 46.5 Å². The molecule has 0 aliphatic rings. The number of carbonyl (C=O) groups is 1. The highest BCUT2D eigenvalue weighted by Gasteiger charge is 2.19. The van der Waals surface area contributed by atoms with Crippen molar-refractivity contribution >= 4 is 12.1 Å². The lowest BCUT2D eigenvalue weighted by Crippen LogP contribution is -2.18. The van der Waals surface area contributed by atoms with Crippen molar-refractivity contribution in [2.75, 3.05) is 0 Å². The van der Waals surface area contributed by atoms with Gasteiger partial charge in [0.25, 0.3) is 5.91 Å². The van der Waals surface area contributed by atoms with Gasteiger partial charge in [-0.3, -0.25) is 4.79 Å². The quantitative estimate of drug-likeness (QED) is 0.634. The van der Waals surface area contributed by atoms with Crippen LogP contribution in [0.1, 0.15) is 72.5 Å². The molecule has 1 amide bonds. The Hall–Kier alpha value is -2.56. The molecule has 24 heavy (non-hydrogen) atoms. The molecule has 0 aliphatic heterocycles. The number of aryl methyl sites for hydroxylation is 1. The summed E-state index contributed by atoms with van der Waals surface area (Å²) in [5.41, 5.74) is 4.44. The molecule has 0 aliphatic carbocycles. The summed E-state index contributed by atoms with van der Waals surface area (Å²) in [4.78, 5) is 12.4. The van der Waals surface area contributed by atoms with Crippen molar-refractivity contribution in [1.29, 1.82) is 0 Å². The van der Waals surface area contributed by atoms with E-state index in [2.05, 4.69) is 24.4 Å². The van der Waals surface area contributed by atoms with Gasteiger partial charge in [0.1, 0.15) is 17.3 Å². The van der Waals surface area contributed by atoms with Crippen molar-refractivity contribution < 1.29 is 14.3 Å². The van der Waals surface area contributed by atoms with Crippen LogP contribution < -0.4 is 5.43 Å². The molecule has 128 valence electrons. The number of carbonyl (C=O) groups excluding carboxylic acids is 1. The van der Waals surface area contributed by atoms with Gasteiger partial charge < -0.3 is 9.52 Å². The van der Waals surface area contributed by atoms with E-state index in [4.69, 9.17) is 4.42 Å². The third-order valence-electron chi connectivity index (χ3n) is 3.81. The molecule has 0 radical (unpaired) electrons. The number of rotatable bonds is 5. The minimum absolute atomic E-state index is 0.0101. The number of furan rings is 1. The average molecular weight is 328 g/mol. The SMILES string of the molecule is Cc1ccc(/C=N/NC(=O)c2cc(C(C)C)cc(C(C)C)c2O)o1. The van der Waals surface area contributed by atoms with Crippen LogP contribution in [-0.2, 0) is 0 Å². The van der Waals surface area contributed by atoms with Crippen molar-refractivity contribution in [3.63, 3.8) is 0 Å². The van der Waals surface area contributed by atoms with E-state index in [-0.39, 0.29) is 23.1 Å². The molecule has 0 saturated heterocycles. The van der Waals surface area contributed by atoms with E-state index < -0.39 is 5.91 Å². The zero-order chi connectivity index (χ0) is 17.9. The Morgan fingerprint density at radius 3 is 2.46 bits per heavy atom. The maximum absolute atomic E-state index is 12.4. The van der Waals surface area contributed by atoms with Crippen LogP contribution in [0.5, 0.6) is 5.75 Å². The van der Waals surface area contributed by atoms with Crippen molar-refractivity contribution in [2.24, 2.45) is 5.10 Å². The topological polar surface area (TPSA) is 74.8 Å². The van der Waals surface area contributed by atoms with Gasteiger partial charge in [0.15, 0.2) is 0 Å². The fourth-order valence-electron chi connectivity index (χ4n) is 2.36. The lowest BCUT2D eigenvalue weighted by atomic mass is 9.92. The summed E-state index contributed by atoms with van der Waals surface area (Å²) in [5.74, 6) is 1.25. The molecule has 1 heterocycles. The highest BCUT2D eigenvalue weighted by molar-refractivity contribution is 5.98. The number of nitrogens with zero attached hydrogens (tertiary/aromatic N) is 1. The predicted molar refractivity (Wildman–Crippen MR) is 94.8 cm³/mol. The van der Waals surface area contributed by atoms with Gasteiger partial charge in [-0.15, -0.1) is 0 Å². The number of nitrogens with one attached hydrogen (secondary N) is 1. The van der Waals surface area contributed by atoms with Crippen molar-refractivity contribution in [1.82, 2.24) is 5.43 Å². The second-order valence-electron chi connectivity index (χ2n) is 6.46. The van der Waals surface area contributed by atoms with Crippen molar-refractivity contribution in [3.05, 3.63) is 52.5 Å². The van der Waals surface area contributed by atoms with E-state index in [0.29, 0.717) is 5.76 Å². The summed E-state index contributed by atoms with van der Waals surface area (Å²) in [6, 6.07) is 7.25. The first-order valence-corrected chi connectivity index (χ1v) is 8.06. The summed E-state index contributed by atoms with van der Waals surface area (Å²) in [7, 11) is 0. The Labute approximate surface area is 142 Å². The first-order valence-electron chi connectivity index (χ1n) is 8.06. The monoisotopic (exact) mass is 328 g/mol. The highest BCUT2D eigenvalue weighted by atomic mass is 16.3. The number of hydrogen-bond acceptors (Lipinski definition) is 4. The maximum atomic E-state index is 12.4. The molecule has 2 aromatic rings. The van der Waals surface area contributed by atoms with Crippen molar-refractivity contribution in [3.8, 4) is 5.75 Å². The average Bonchev–Trinajstić information content (AvgIpc) is 2.92. The van der Waals surface area contributed by atoms with Gasteiger partial charge in [0.2, 0.25) is 0 Å². The number of amides is 1. The molecular weight excluding hydrogens is 304 g/mol. The van der Waals surface area contributed by atoms with Gasteiger partial charge in [-0.05, 0) is 48.1 Å². The number of hydrogen-bond donors (Lipinski definition) is 2. The van der Waals surface area contributed by atoms with Gasteiger partial charge in [-0.1, -0.05) is 33.8 Å². The van der Waals surface area contributed by atoms with Gasteiger partial charge in [-0.2, -0.15) is 5.10 Å². The summed E-state index contributed by atoms with van der Waals surface area (Å²) < 4.78 is 5.35. The minimum Gasteiger partial charge on any atom is -0.507 e. The zero-order valence-electron chi connectivity index (χ0n) is 14.8. The molecular formula is C19H24N2O3. The van der Waals surface area contributed by atoms with Crippen LogP contribution in [-0.4, -0.2) is 17.2 Å². The number of phenols is 1. The molecule has 2 rings (SSSR count). The molecule has 1 aromatic carbocycles. The third kappa shape index (κ3) is 4.04.